The maximum absolute atomic E-state index is 14.7. The molecule has 1 fully saturated rings. The molecule has 0 saturated heterocycles. The summed E-state index contributed by atoms with van der Waals surface area (Å²) in [6.07, 6.45) is 2.44. The van der Waals surface area contributed by atoms with Gasteiger partial charge in [0.1, 0.15) is 23.2 Å². The van der Waals surface area contributed by atoms with Crippen LogP contribution in [0.4, 0.5) is 0 Å². The quantitative estimate of drug-likeness (QED) is 0.240. The number of carboxylic acid groups (broad SMARTS) is 1. The molecule has 6 atom stereocenters. The number of carboxylic acids is 1. The van der Waals surface area contributed by atoms with Crippen molar-refractivity contribution in [1.82, 2.24) is 0 Å². The molecule has 41 heavy (non-hydrogen) atoms. The third kappa shape index (κ3) is 5.22. The molecule has 0 radical (unpaired) electrons. The van der Waals surface area contributed by atoms with E-state index in [1.165, 1.54) is 0 Å². The van der Waals surface area contributed by atoms with E-state index in [4.69, 9.17) is 4.74 Å². The van der Waals surface area contributed by atoms with Gasteiger partial charge in [0, 0.05) is 11.5 Å². The molecule has 6 nitrogen and oxygen atoms in total. The number of aliphatic carboxylic acids is 1. The third-order valence-electron chi connectivity index (χ3n) is 9.96. The SMILES string of the molecule is C=C(C)[C@@H]1C[C@H](C[C@]2(CC=C(C)C)C(=O)C3=C(O[C@H](C)[C@@H](C)C3=O)C([C@@H](CC(=O)O)c3ccccc3)=C2O)C1(C)C. The van der Waals surface area contributed by atoms with Crippen LogP contribution >= 0.6 is 0 Å². The Balaban J connectivity index is 2.01. The maximum atomic E-state index is 14.7. The van der Waals surface area contributed by atoms with Crippen LogP contribution in [0, 0.1) is 28.6 Å². The van der Waals surface area contributed by atoms with Gasteiger partial charge in [0.25, 0.3) is 0 Å². The largest absolute Gasteiger partial charge is 0.511 e. The standard InChI is InChI=1S/C35H44O6/c1-19(2)14-15-35(18-24-16-26(20(3)4)34(24,7)8)32(39)28(25(17-27(36)37)23-12-10-9-11-13-23)31-29(33(35)40)30(38)21(5)22(6)41-31/h9-14,21-22,24-26,39H,3,15-18H2,1-2,4-8H3,(H,36,37)/t21-,22-,24-,25+,26+,35+/m1/s1. The number of ether oxygens (including phenoxy) is 1. The summed E-state index contributed by atoms with van der Waals surface area (Å²) in [6.45, 7) is 17.9. The summed E-state index contributed by atoms with van der Waals surface area (Å²) < 4.78 is 6.26. The molecule has 1 heterocycles. The van der Waals surface area contributed by atoms with Crippen molar-refractivity contribution in [2.75, 3.05) is 0 Å². The van der Waals surface area contributed by atoms with Crippen LogP contribution in [-0.2, 0) is 19.1 Å². The highest BCUT2D eigenvalue weighted by atomic mass is 16.5. The first-order valence-electron chi connectivity index (χ1n) is 14.6. The second-order valence-corrected chi connectivity index (χ2v) is 13.3. The van der Waals surface area contributed by atoms with E-state index in [1.807, 2.05) is 57.2 Å². The molecule has 1 aromatic carbocycles. The van der Waals surface area contributed by atoms with Crippen LogP contribution < -0.4 is 0 Å². The highest BCUT2D eigenvalue weighted by Gasteiger charge is 2.59. The van der Waals surface area contributed by atoms with E-state index in [1.54, 1.807) is 13.8 Å². The van der Waals surface area contributed by atoms with Gasteiger partial charge in [-0.2, -0.15) is 0 Å². The molecular formula is C35H44O6. The average molecular weight is 561 g/mol. The van der Waals surface area contributed by atoms with Crippen LogP contribution in [0.1, 0.15) is 85.6 Å². The van der Waals surface area contributed by atoms with Gasteiger partial charge in [-0.1, -0.05) is 74.9 Å². The van der Waals surface area contributed by atoms with Crippen LogP contribution in [0.2, 0.25) is 0 Å². The number of hydrogen-bond acceptors (Lipinski definition) is 5. The molecule has 3 aliphatic rings. The van der Waals surface area contributed by atoms with Crippen molar-refractivity contribution in [3.63, 3.8) is 0 Å². The number of carbonyl (C=O) groups is 3. The van der Waals surface area contributed by atoms with Crippen molar-refractivity contribution in [3.05, 3.63) is 82.4 Å². The lowest BCUT2D eigenvalue weighted by molar-refractivity contribution is -0.137. The van der Waals surface area contributed by atoms with E-state index in [2.05, 4.69) is 20.4 Å². The Morgan fingerprint density at radius 3 is 2.32 bits per heavy atom. The van der Waals surface area contributed by atoms with E-state index < -0.39 is 35.1 Å². The first-order valence-corrected chi connectivity index (χ1v) is 14.6. The average Bonchev–Trinajstić information content (AvgIpc) is 2.89. The van der Waals surface area contributed by atoms with Crippen molar-refractivity contribution in [2.45, 2.75) is 86.2 Å². The predicted molar refractivity (Wildman–Crippen MR) is 159 cm³/mol. The summed E-state index contributed by atoms with van der Waals surface area (Å²) >= 11 is 0. The molecule has 6 heteroatoms. The van der Waals surface area contributed by atoms with Gasteiger partial charge in [-0.25, -0.2) is 0 Å². The zero-order valence-corrected chi connectivity index (χ0v) is 25.4. The lowest BCUT2D eigenvalue weighted by atomic mass is 9.48. The van der Waals surface area contributed by atoms with E-state index in [-0.39, 0.29) is 58.5 Å². The van der Waals surface area contributed by atoms with Crippen LogP contribution in [0.5, 0.6) is 0 Å². The summed E-state index contributed by atoms with van der Waals surface area (Å²) in [6, 6.07) is 9.09. The van der Waals surface area contributed by atoms with Crippen molar-refractivity contribution in [3.8, 4) is 0 Å². The van der Waals surface area contributed by atoms with Gasteiger partial charge in [-0.15, -0.1) is 0 Å². The second kappa shape index (κ2) is 11.1. The molecule has 4 rings (SSSR count). The summed E-state index contributed by atoms with van der Waals surface area (Å²) in [4.78, 5) is 40.8. The number of benzene rings is 1. The zero-order chi connectivity index (χ0) is 30.4. The minimum absolute atomic E-state index is 0.0366. The molecule has 1 aromatic rings. The van der Waals surface area contributed by atoms with E-state index in [0.717, 1.165) is 17.6 Å². The van der Waals surface area contributed by atoms with Crippen LogP contribution in [0.3, 0.4) is 0 Å². The number of ketones is 2. The molecule has 2 aliphatic carbocycles. The molecular weight excluding hydrogens is 516 g/mol. The molecule has 0 spiro atoms. The Labute approximate surface area is 243 Å². The van der Waals surface area contributed by atoms with Crippen molar-refractivity contribution in [1.29, 1.82) is 0 Å². The normalized spacial score (nSPS) is 29.7. The van der Waals surface area contributed by atoms with Gasteiger partial charge in [0.05, 0.1) is 17.8 Å². The first kappa shape index (κ1) is 30.5. The van der Waals surface area contributed by atoms with Gasteiger partial charge >= 0.3 is 5.97 Å². The highest BCUT2D eigenvalue weighted by Crippen LogP contribution is 2.61. The Bertz CT molecular complexity index is 1360. The third-order valence-corrected chi connectivity index (χ3v) is 9.96. The predicted octanol–water partition coefficient (Wildman–Crippen LogP) is 7.49. The van der Waals surface area contributed by atoms with E-state index >= 15 is 0 Å². The number of aliphatic hydroxyl groups is 1. The number of carbonyl (C=O) groups excluding carboxylic acids is 2. The summed E-state index contributed by atoms with van der Waals surface area (Å²) in [7, 11) is 0. The lowest BCUT2D eigenvalue weighted by Crippen LogP contribution is -2.52. The minimum atomic E-state index is -1.42. The van der Waals surface area contributed by atoms with Gasteiger partial charge in [0.15, 0.2) is 11.6 Å². The zero-order valence-electron chi connectivity index (χ0n) is 25.4. The molecule has 0 amide bonds. The van der Waals surface area contributed by atoms with Gasteiger partial charge in [0.2, 0.25) is 0 Å². The minimum Gasteiger partial charge on any atom is -0.511 e. The van der Waals surface area contributed by atoms with Crippen LogP contribution in [0.25, 0.3) is 0 Å². The number of hydrogen-bond donors (Lipinski definition) is 2. The van der Waals surface area contributed by atoms with E-state index in [9.17, 15) is 24.6 Å². The smallest absolute Gasteiger partial charge is 0.304 e. The maximum Gasteiger partial charge on any atom is 0.304 e. The topological polar surface area (TPSA) is 101 Å². The molecule has 0 aromatic heterocycles. The molecule has 2 N–H and O–H groups in total. The fourth-order valence-corrected chi connectivity index (χ4v) is 7.05. The van der Waals surface area contributed by atoms with E-state index in [0.29, 0.717) is 12.0 Å². The summed E-state index contributed by atoms with van der Waals surface area (Å²) in [5.41, 5.74) is 1.38. The Morgan fingerprint density at radius 1 is 1.15 bits per heavy atom. The van der Waals surface area contributed by atoms with Crippen molar-refractivity contribution < 1.29 is 29.3 Å². The summed E-state index contributed by atoms with van der Waals surface area (Å²) in [5, 5.41) is 22.4. The number of rotatable bonds is 9. The van der Waals surface area contributed by atoms with Gasteiger partial charge in [-0.05, 0) is 69.8 Å². The number of Topliss-reactive ketones (excluding diaryl/α,β-unsaturated/α-hetero) is 2. The fraction of sp³-hybridized carbons (Fsp3) is 0.514. The van der Waals surface area contributed by atoms with Crippen LogP contribution in [-0.4, -0.2) is 33.9 Å². The molecule has 0 unspecified atom stereocenters. The fourth-order valence-electron chi connectivity index (χ4n) is 7.05. The summed E-state index contributed by atoms with van der Waals surface area (Å²) in [5.74, 6) is -2.92. The second-order valence-electron chi connectivity index (χ2n) is 13.3. The Morgan fingerprint density at radius 2 is 1.78 bits per heavy atom. The van der Waals surface area contributed by atoms with Gasteiger partial charge in [-0.3, -0.25) is 14.4 Å². The monoisotopic (exact) mass is 560 g/mol. The Hall–Kier alpha value is -3.41. The molecule has 1 aliphatic heterocycles. The molecule has 0 bridgehead atoms. The highest BCUT2D eigenvalue weighted by molar-refractivity contribution is 6.25. The van der Waals surface area contributed by atoms with Crippen LogP contribution in [0.15, 0.2) is 76.8 Å². The van der Waals surface area contributed by atoms with Crippen molar-refractivity contribution in [2.24, 2.45) is 28.6 Å². The van der Waals surface area contributed by atoms with Gasteiger partial charge < -0.3 is 14.9 Å². The lowest BCUT2D eigenvalue weighted by Gasteiger charge is -2.56. The molecule has 220 valence electrons. The van der Waals surface area contributed by atoms with Crippen molar-refractivity contribution >= 4 is 17.5 Å². The Kier molecular flexibility index (Phi) is 8.28. The molecule has 1 saturated carbocycles. The number of allylic oxidation sites excluding steroid dienone is 6. The first-order chi connectivity index (χ1) is 19.1. The number of aliphatic hydroxyl groups excluding tert-OH is 1.